The van der Waals surface area contributed by atoms with Gasteiger partial charge in [0.25, 0.3) is 0 Å². The third-order valence-corrected chi connectivity index (χ3v) is 3.74. The number of urea groups is 1. The Morgan fingerprint density at radius 2 is 1.73 bits per heavy atom. The van der Waals surface area contributed by atoms with Gasteiger partial charge in [0, 0.05) is 13.1 Å². The first-order valence-electron chi connectivity index (χ1n) is 6.16. The molecule has 0 saturated heterocycles. The number of hydrogen-bond donors (Lipinski definition) is 3. The molecule has 1 unspecified atom stereocenters. The van der Waals surface area contributed by atoms with Gasteiger partial charge in [-0.25, -0.2) is 9.00 Å². The normalized spacial score (nSPS) is 12.8. The van der Waals surface area contributed by atoms with Crippen molar-refractivity contribution in [3.05, 3.63) is 24.3 Å². The summed E-state index contributed by atoms with van der Waals surface area (Å²) >= 11 is 0. The molecule has 0 radical (unpaired) electrons. The van der Waals surface area contributed by atoms with Crippen LogP contribution >= 0.6 is 0 Å². The molecule has 0 heterocycles. The molecule has 1 aromatic carbocycles. The molecule has 1 atom stereocenters. The number of nitrogens with one attached hydrogen (secondary N) is 1. The average molecular weight is 340 g/mol. The van der Waals surface area contributed by atoms with Gasteiger partial charge in [-0.05, 0) is 12.1 Å². The maximum Gasteiger partial charge on any atom is 0.475 e. The van der Waals surface area contributed by atoms with Gasteiger partial charge in [-0.2, -0.15) is 13.2 Å². The SMILES string of the molecule is O=C(Nc1ccccc1S(=O)C(F)(F)F)N(CCO)CCO. The number of aliphatic hydroxyl groups excluding tert-OH is 2. The Kier molecular flexibility index (Phi) is 6.78. The van der Waals surface area contributed by atoms with E-state index in [0.717, 1.165) is 11.0 Å². The standard InChI is InChI=1S/C12H15F3N2O4S/c13-12(14,15)22(21)10-4-2-1-3-9(10)16-11(20)17(5-7-18)6-8-19/h1-4,18-19H,5-8H2,(H,16,20). The second kappa shape index (κ2) is 8.11. The van der Waals surface area contributed by atoms with Crippen molar-refractivity contribution in [3.8, 4) is 0 Å². The summed E-state index contributed by atoms with van der Waals surface area (Å²) in [6.07, 6.45) is 0. The number of aliphatic hydroxyl groups is 2. The molecule has 22 heavy (non-hydrogen) atoms. The molecule has 2 amide bonds. The lowest BCUT2D eigenvalue weighted by Gasteiger charge is -2.22. The highest BCUT2D eigenvalue weighted by Gasteiger charge is 2.39. The van der Waals surface area contributed by atoms with E-state index in [9.17, 15) is 22.2 Å². The zero-order chi connectivity index (χ0) is 16.8. The number of benzene rings is 1. The Bertz CT molecular complexity index is 533. The predicted octanol–water partition coefficient (Wildman–Crippen LogP) is 1.13. The van der Waals surface area contributed by atoms with Crippen LogP contribution in [0.4, 0.5) is 23.7 Å². The lowest BCUT2D eigenvalue weighted by Crippen LogP contribution is -2.39. The first-order valence-corrected chi connectivity index (χ1v) is 7.31. The average Bonchev–Trinajstić information content (AvgIpc) is 2.46. The Morgan fingerprint density at radius 3 is 2.23 bits per heavy atom. The predicted molar refractivity (Wildman–Crippen MR) is 73.7 cm³/mol. The van der Waals surface area contributed by atoms with Gasteiger partial charge < -0.3 is 20.4 Å². The number of halogens is 3. The van der Waals surface area contributed by atoms with Crippen LogP contribution in [0.1, 0.15) is 0 Å². The molecule has 10 heteroatoms. The lowest BCUT2D eigenvalue weighted by atomic mass is 10.3. The van der Waals surface area contributed by atoms with Crippen LogP contribution in [0.5, 0.6) is 0 Å². The van der Waals surface area contributed by atoms with Crippen molar-refractivity contribution in [1.82, 2.24) is 4.90 Å². The molecule has 0 fully saturated rings. The molecule has 1 rings (SSSR count). The fourth-order valence-electron chi connectivity index (χ4n) is 1.61. The van der Waals surface area contributed by atoms with E-state index in [4.69, 9.17) is 10.2 Å². The fourth-order valence-corrected chi connectivity index (χ4v) is 2.38. The van der Waals surface area contributed by atoms with Gasteiger partial charge in [-0.1, -0.05) is 12.1 Å². The van der Waals surface area contributed by atoms with E-state index in [1.165, 1.54) is 18.2 Å². The minimum atomic E-state index is -4.95. The second-order valence-electron chi connectivity index (χ2n) is 4.08. The minimum absolute atomic E-state index is 0.100. The third kappa shape index (κ3) is 4.97. The summed E-state index contributed by atoms with van der Waals surface area (Å²) in [6, 6.07) is 4.03. The number of carbonyl (C=O) groups is 1. The topological polar surface area (TPSA) is 89.9 Å². The Morgan fingerprint density at radius 1 is 1.18 bits per heavy atom. The summed E-state index contributed by atoms with van der Waals surface area (Å²) in [6.45, 7) is -0.944. The van der Waals surface area contributed by atoms with Crippen LogP contribution in [0, 0.1) is 0 Å². The van der Waals surface area contributed by atoms with E-state index in [-0.39, 0.29) is 32.0 Å². The maximum atomic E-state index is 12.6. The summed E-state index contributed by atoms with van der Waals surface area (Å²) in [5.74, 6) is 0. The summed E-state index contributed by atoms with van der Waals surface area (Å²) in [5, 5.41) is 19.9. The zero-order valence-electron chi connectivity index (χ0n) is 11.3. The quantitative estimate of drug-likeness (QED) is 0.724. The first kappa shape index (κ1) is 18.4. The van der Waals surface area contributed by atoms with E-state index in [1.54, 1.807) is 0 Å². The number of nitrogens with zero attached hydrogens (tertiary/aromatic N) is 1. The molecular formula is C12H15F3N2O4S. The maximum absolute atomic E-state index is 12.6. The number of rotatable bonds is 6. The second-order valence-corrected chi connectivity index (χ2v) is 5.52. The number of anilines is 1. The van der Waals surface area contributed by atoms with E-state index in [0.29, 0.717) is 0 Å². The largest absolute Gasteiger partial charge is 0.475 e. The summed E-state index contributed by atoms with van der Waals surface area (Å²) in [4.78, 5) is 12.4. The summed E-state index contributed by atoms with van der Waals surface area (Å²) < 4.78 is 49.1. The Hall–Kier alpha value is -1.65. The minimum Gasteiger partial charge on any atom is -0.395 e. The monoisotopic (exact) mass is 340 g/mol. The smallest absolute Gasteiger partial charge is 0.395 e. The molecule has 0 saturated carbocycles. The molecule has 0 aliphatic rings. The number of amides is 2. The highest BCUT2D eigenvalue weighted by molar-refractivity contribution is 7.86. The van der Waals surface area contributed by atoms with Gasteiger partial charge >= 0.3 is 11.5 Å². The van der Waals surface area contributed by atoms with Gasteiger partial charge in [0.15, 0.2) is 10.8 Å². The van der Waals surface area contributed by atoms with Crippen molar-refractivity contribution in [2.24, 2.45) is 0 Å². The third-order valence-electron chi connectivity index (χ3n) is 2.57. The fraction of sp³-hybridized carbons (Fsp3) is 0.417. The van der Waals surface area contributed by atoms with Crippen molar-refractivity contribution in [3.63, 3.8) is 0 Å². The molecule has 6 nitrogen and oxygen atoms in total. The van der Waals surface area contributed by atoms with Crippen molar-refractivity contribution in [2.45, 2.75) is 10.4 Å². The Labute approximate surface area is 127 Å². The van der Waals surface area contributed by atoms with Crippen molar-refractivity contribution in [2.75, 3.05) is 31.6 Å². The molecule has 3 N–H and O–H groups in total. The van der Waals surface area contributed by atoms with E-state index in [1.807, 2.05) is 0 Å². The summed E-state index contributed by atoms with van der Waals surface area (Å²) in [7, 11) is -3.28. The van der Waals surface area contributed by atoms with E-state index >= 15 is 0 Å². The lowest BCUT2D eigenvalue weighted by molar-refractivity contribution is -0.0384. The molecule has 0 aromatic heterocycles. The number of carbonyl (C=O) groups excluding carboxylic acids is 1. The van der Waals surface area contributed by atoms with Crippen molar-refractivity contribution >= 4 is 22.5 Å². The highest BCUT2D eigenvalue weighted by atomic mass is 32.2. The molecule has 0 aliphatic carbocycles. The van der Waals surface area contributed by atoms with Crippen LogP contribution in [-0.2, 0) is 10.8 Å². The van der Waals surface area contributed by atoms with Gasteiger partial charge in [0.2, 0.25) is 0 Å². The number of para-hydroxylation sites is 1. The molecule has 0 bridgehead atoms. The number of alkyl halides is 3. The molecular weight excluding hydrogens is 325 g/mol. The molecule has 0 spiro atoms. The first-order chi connectivity index (χ1) is 10.3. The molecule has 1 aromatic rings. The number of hydrogen-bond acceptors (Lipinski definition) is 4. The van der Waals surface area contributed by atoms with Crippen molar-refractivity contribution < 1.29 is 32.4 Å². The Balaban J connectivity index is 2.98. The van der Waals surface area contributed by atoms with E-state index in [2.05, 4.69) is 5.32 Å². The van der Waals surface area contributed by atoms with Crippen LogP contribution in [0.25, 0.3) is 0 Å². The van der Waals surface area contributed by atoms with Gasteiger partial charge in [0.05, 0.1) is 23.8 Å². The van der Waals surface area contributed by atoms with Crippen LogP contribution in [-0.4, -0.2) is 57.2 Å². The zero-order valence-corrected chi connectivity index (χ0v) is 12.2. The van der Waals surface area contributed by atoms with Gasteiger partial charge in [-0.15, -0.1) is 0 Å². The van der Waals surface area contributed by atoms with Gasteiger partial charge in [0.1, 0.15) is 0 Å². The van der Waals surface area contributed by atoms with Crippen molar-refractivity contribution in [1.29, 1.82) is 0 Å². The van der Waals surface area contributed by atoms with Crippen LogP contribution in [0.15, 0.2) is 29.2 Å². The van der Waals surface area contributed by atoms with Gasteiger partial charge in [-0.3, -0.25) is 0 Å². The molecule has 0 aliphatic heterocycles. The van der Waals surface area contributed by atoms with Crippen LogP contribution in [0.3, 0.4) is 0 Å². The molecule has 124 valence electrons. The summed E-state index contributed by atoms with van der Waals surface area (Å²) in [5.41, 5.74) is -5.19. The van der Waals surface area contributed by atoms with E-state index < -0.39 is 27.2 Å². The van der Waals surface area contributed by atoms with Crippen LogP contribution in [0.2, 0.25) is 0 Å². The van der Waals surface area contributed by atoms with Crippen LogP contribution < -0.4 is 5.32 Å². The highest BCUT2D eigenvalue weighted by Crippen LogP contribution is 2.30.